The average Bonchev–Trinajstić information content (AvgIpc) is 3.40. The smallest absolute Gasteiger partial charge is 0.327 e. The first kappa shape index (κ1) is 25.5. The van der Waals surface area contributed by atoms with Crippen molar-refractivity contribution in [1.29, 1.82) is 0 Å². The van der Waals surface area contributed by atoms with Gasteiger partial charge >= 0.3 is 18.0 Å². The molecular formula is C17H14F8N6O2S. The highest BCUT2D eigenvalue weighted by atomic mass is 32.2. The fourth-order valence-electron chi connectivity index (χ4n) is 2.99. The topological polar surface area (TPSA) is 95.6 Å². The molecule has 1 atom stereocenters. The van der Waals surface area contributed by atoms with Gasteiger partial charge in [-0.2, -0.15) is 31.4 Å². The van der Waals surface area contributed by atoms with Crippen LogP contribution in [0.1, 0.15) is 18.8 Å². The molecule has 0 bridgehead atoms. The maximum Gasteiger partial charge on any atom is 0.434 e. The number of hydrogen-bond donors (Lipinski definition) is 0. The molecule has 8 nitrogen and oxygen atoms in total. The van der Waals surface area contributed by atoms with E-state index < -0.39 is 61.9 Å². The zero-order chi connectivity index (χ0) is 25.7. The number of rotatable bonds is 6. The number of aromatic nitrogens is 6. The van der Waals surface area contributed by atoms with E-state index in [4.69, 9.17) is 0 Å². The molecule has 34 heavy (non-hydrogen) atoms. The molecule has 3 aromatic heterocycles. The third-order valence-electron chi connectivity index (χ3n) is 4.88. The maximum absolute atomic E-state index is 14.6. The molecule has 17 heteroatoms. The van der Waals surface area contributed by atoms with Crippen LogP contribution < -0.4 is 0 Å². The van der Waals surface area contributed by atoms with Crippen LogP contribution in [0.3, 0.4) is 0 Å². The van der Waals surface area contributed by atoms with E-state index in [-0.39, 0.29) is 12.0 Å². The monoisotopic (exact) mass is 518 g/mol. The van der Waals surface area contributed by atoms with Crippen molar-refractivity contribution in [2.24, 2.45) is 7.05 Å². The molecule has 3 aromatic rings. The van der Waals surface area contributed by atoms with Crippen molar-refractivity contribution in [3.05, 3.63) is 36.7 Å². The molecular weight excluding hydrogens is 504 g/mol. The maximum atomic E-state index is 14.6. The van der Waals surface area contributed by atoms with Gasteiger partial charge in [0.1, 0.15) is 18.3 Å². The fourth-order valence-corrected chi connectivity index (χ4v) is 4.00. The Morgan fingerprint density at radius 3 is 2.18 bits per heavy atom. The van der Waals surface area contributed by atoms with E-state index in [1.54, 1.807) is 0 Å². The highest BCUT2D eigenvalue weighted by Crippen LogP contribution is 2.54. The minimum absolute atomic E-state index is 0.0469. The van der Waals surface area contributed by atoms with Crippen LogP contribution in [0.4, 0.5) is 35.1 Å². The van der Waals surface area contributed by atoms with Crippen LogP contribution in [0.5, 0.6) is 0 Å². The largest absolute Gasteiger partial charge is 0.434 e. The summed E-state index contributed by atoms with van der Waals surface area (Å²) in [5.41, 5.74) is -8.22. The average molecular weight is 518 g/mol. The van der Waals surface area contributed by atoms with Crippen molar-refractivity contribution < 1.29 is 43.5 Å². The Hall–Kier alpha value is -3.11. The lowest BCUT2D eigenvalue weighted by atomic mass is 9.96. The van der Waals surface area contributed by atoms with Gasteiger partial charge in [0, 0.05) is 7.05 Å². The molecule has 3 rings (SSSR count). The van der Waals surface area contributed by atoms with Crippen molar-refractivity contribution in [2.45, 2.75) is 36.0 Å². The number of sulfone groups is 1. The molecule has 0 saturated carbocycles. The molecule has 0 aliphatic heterocycles. The van der Waals surface area contributed by atoms with Gasteiger partial charge in [0.05, 0.1) is 22.5 Å². The van der Waals surface area contributed by atoms with Crippen LogP contribution in [-0.2, 0) is 16.9 Å². The first-order valence-corrected chi connectivity index (χ1v) is 10.8. The number of pyridine rings is 1. The van der Waals surface area contributed by atoms with Crippen LogP contribution >= 0.6 is 0 Å². The quantitative estimate of drug-likeness (QED) is 0.462. The van der Waals surface area contributed by atoms with E-state index in [0.29, 0.717) is 4.57 Å². The number of hydrogen-bond acceptors (Lipinski definition) is 6. The molecule has 0 saturated heterocycles. The van der Waals surface area contributed by atoms with Crippen molar-refractivity contribution in [1.82, 2.24) is 29.3 Å². The Bertz CT molecular complexity index is 1270. The second kappa shape index (κ2) is 8.28. The summed E-state index contributed by atoms with van der Waals surface area (Å²) in [5.74, 6) is -1.13. The van der Waals surface area contributed by atoms with E-state index >= 15 is 0 Å². The zero-order valence-corrected chi connectivity index (χ0v) is 17.9. The Labute approximate surface area is 186 Å². The van der Waals surface area contributed by atoms with E-state index in [2.05, 4.69) is 20.1 Å². The van der Waals surface area contributed by atoms with Crippen molar-refractivity contribution in [2.75, 3.05) is 5.75 Å². The molecule has 0 radical (unpaired) electrons. The molecule has 0 spiro atoms. The van der Waals surface area contributed by atoms with Crippen molar-refractivity contribution in [3.63, 3.8) is 0 Å². The number of imidazole rings is 1. The van der Waals surface area contributed by atoms with Crippen LogP contribution in [0.15, 0.2) is 35.9 Å². The van der Waals surface area contributed by atoms with E-state index in [1.165, 1.54) is 19.3 Å². The first-order valence-electron chi connectivity index (χ1n) is 9.13. The number of alkyl halides is 8. The van der Waals surface area contributed by atoms with Crippen molar-refractivity contribution >= 4 is 9.84 Å². The summed E-state index contributed by atoms with van der Waals surface area (Å²) >= 11 is 0. The first-order chi connectivity index (χ1) is 15.6. The minimum atomic E-state index is -6.66. The summed E-state index contributed by atoms with van der Waals surface area (Å²) in [5, 5.41) is 3.78. The van der Waals surface area contributed by atoms with Gasteiger partial charge in [-0.3, -0.25) is 0 Å². The Morgan fingerprint density at radius 2 is 1.68 bits per heavy atom. The fraction of sp³-hybridized carbons (Fsp3) is 0.412. The molecule has 1 unspecified atom stereocenters. The van der Waals surface area contributed by atoms with Gasteiger partial charge < -0.3 is 4.57 Å². The summed E-state index contributed by atoms with van der Waals surface area (Å²) < 4.78 is 133. The van der Waals surface area contributed by atoms with Gasteiger partial charge in [-0.15, -0.1) is 0 Å². The third-order valence-corrected chi connectivity index (χ3v) is 6.64. The van der Waals surface area contributed by atoms with E-state index in [9.17, 15) is 43.5 Å². The predicted octanol–water partition coefficient (Wildman–Crippen LogP) is 3.70. The lowest BCUT2D eigenvalue weighted by Crippen LogP contribution is -2.56. The molecule has 0 N–H and O–H groups in total. The van der Waals surface area contributed by atoms with Crippen LogP contribution in [0, 0.1) is 0 Å². The Morgan fingerprint density at radius 1 is 1.06 bits per heavy atom. The summed E-state index contributed by atoms with van der Waals surface area (Å²) in [6.45, 7) is 1.27. The van der Waals surface area contributed by atoms with Gasteiger partial charge in [0.15, 0.2) is 27.7 Å². The molecule has 0 amide bonds. The Balaban J connectivity index is 2.24. The highest BCUT2D eigenvalue weighted by molar-refractivity contribution is 7.91. The van der Waals surface area contributed by atoms with Crippen molar-refractivity contribution in [3.8, 4) is 17.3 Å². The molecule has 186 valence electrons. The van der Waals surface area contributed by atoms with Gasteiger partial charge in [0.25, 0.3) is 0 Å². The lowest BCUT2D eigenvalue weighted by Gasteiger charge is -2.32. The van der Waals surface area contributed by atoms with Crippen LogP contribution in [0.25, 0.3) is 17.3 Å². The second-order valence-corrected chi connectivity index (χ2v) is 9.14. The number of halogens is 8. The Kier molecular flexibility index (Phi) is 6.21. The molecule has 0 fully saturated rings. The third kappa shape index (κ3) is 4.01. The van der Waals surface area contributed by atoms with E-state index in [0.717, 1.165) is 24.1 Å². The molecule has 0 aliphatic carbocycles. The SMILES string of the molecule is CCS(=O)(=O)c1ccc(-n2cncn2)nc1-c1ncc(C(F)C(F)(C(F)(F)F)C(F)(F)F)n1C. The summed E-state index contributed by atoms with van der Waals surface area (Å²) in [4.78, 5) is 10.8. The summed E-state index contributed by atoms with van der Waals surface area (Å²) in [6.07, 6.45) is -15.1. The van der Waals surface area contributed by atoms with Gasteiger partial charge in [0.2, 0.25) is 0 Å². The normalized spacial score (nSPS) is 14.4. The number of nitrogens with zero attached hydrogens (tertiary/aromatic N) is 6. The van der Waals surface area contributed by atoms with Crippen LogP contribution in [0.2, 0.25) is 0 Å². The van der Waals surface area contributed by atoms with Crippen LogP contribution in [-0.4, -0.2) is 61.5 Å². The standard InChI is InChI=1S/C17H14F8N6O2S/c1-3-34(32,33)10-4-5-11(31-8-26-7-28-31)29-12(10)14-27-6-9(30(14)2)13(18)15(19,16(20,21)22)17(23,24)25/h4-8,13H,3H2,1-2H3. The van der Waals surface area contributed by atoms with Gasteiger partial charge in [-0.25, -0.2) is 36.8 Å². The summed E-state index contributed by atoms with van der Waals surface area (Å²) in [7, 11) is -3.26. The van der Waals surface area contributed by atoms with E-state index in [1.807, 2.05) is 0 Å². The summed E-state index contributed by atoms with van der Waals surface area (Å²) in [6, 6.07) is 2.27. The van der Waals surface area contributed by atoms with Gasteiger partial charge in [-0.1, -0.05) is 6.92 Å². The molecule has 0 aromatic carbocycles. The lowest BCUT2D eigenvalue weighted by molar-refractivity contribution is -0.359. The zero-order valence-electron chi connectivity index (χ0n) is 17.1. The minimum Gasteiger partial charge on any atom is -0.327 e. The van der Waals surface area contributed by atoms with Gasteiger partial charge in [-0.05, 0) is 12.1 Å². The molecule has 3 heterocycles. The molecule has 0 aliphatic rings. The second-order valence-electron chi connectivity index (χ2n) is 6.90. The highest BCUT2D eigenvalue weighted by Gasteiger charge is 2.77. The predicted molar refractivity (Wildman–Crippen MR) is 98.9 cm³/mol.